The summed E-state index contributed by atoms with van der Waals surface area (Å²) in [5, 5.41) is 2.13. The van der Waals surface area contributed by atoms with Crippen molar-refractivity contribution in [1.82, 2.24) is 5.43 Å². The van der Waals surface area contributed by atoms with Gasteiger partial charge in [0.15, 0.2) is 0 Å². The number of halogens is 1. The molecule has 0 fully saturated rings. The minimum atomic E-state index is -0.120. The lowest BCUT2D eigenvalue weighted by Crippen LogP contribution is -2.51. The predicted molar refractivity (Wildman–Crippen MR) is 135 cm³/mol. The highest BCUT2D eigenvalue weighted by atomic mass is 35.5. The van der Waals surface area contributed by atoms with Crippen LogP contribution in [0.25, 0.3) is 11.1 Å². The van der Waals surface area contributed by atoms with Gasteiger partial charge >= 0.3 is 0 Å². The fourth-order valence-electron chi connectivity index (χ4n) is 3.66. The van der Waals surface area contributed by atoms with E-state index in [1.165, 1.54) is 24.3 Å². The molecule has 1 aliphatic heterocycles. The number of carbonyl (C=O) groups is 1. The molecule has 5 nitrogen and oxygen atoms in total. The van der Waals surface area contributed by atoms with Crippen molar-refractivity contribution in [3.05, 3.63) is 83.4 Å². The average Bonchev–Trinajstić information content (AvgIpc) is 2.85. The molecule has 0 atom stereocenters. The molecule has 0 saturated heterocycles. The first kappa shape index (κ1) is 22.9. The monoisotopic (exact) mass is 461 g/mol. The number of amides is 1. The molecule has 1 N–H and O–H groups in total. The molecule has 0 saturated carbocycles. The van der Waals surface area contributed by atoms with E-state index in [0.717, 1.165) is 41.2 Å². The number of rotatable bonds is 9. The number of hydrogen-bond donors (Lipinski definition) is 1. The number of nitrogens with one attached hydrogen (secondary N) is 1. The van der Waals surface area contributed by atoms with Gasteiger partial charge in [-0.15, -0.1) is 0 Å². The molecule has 0 spiro atoms. The molecule has 0 radical (unpaired) electrons. The molecule has 0 aromatic heterocycles. The Morgan fingerprint density at radius 2 is 1.52 bits per heavy atom. The SMILES string of the molecule is CCCCCCOc1ccc(-c2ccc(C3=NCC(=O)N(c4ccc(Cl)cc4)N3)cc2)cc1. The van der Waals surface area contributed by atoms with Crippen LogP contribution in [-0.4, -0.2) is 24.9 Å². The Bertz CT molecular complexity index is 1090. The number of ether oxygens (including phenoxy) is 1. The maximum Gasteiger partial charge on any atom is 0.267 e. The van der Waals surface area contributed by atoms with Crippen LogP contribution in [0.5, 0.6) is 5.75 Å². The number of hydrazine groups is 1. The number of benzene rings is 3. The van der Waals surface area contributed by atoms with Gasteiger partial charge in [0.2, 0.25) is 0 Å². The van der Waals surface area contributed by atoms with Gasteiger partial charge in [0.25, 0.3) is 5.91 Å². The van der Waals surface area contributed by atoms with E-state index in [0.29, 0.717) is 10.9 Å². The summed E-state index contributed by atoms with van der Waals surface area (Å²) >= 11 is 5.97. The molecule has 0 bridgehead atoms. The summed E-state index contributed by atoms with van der Waals surface area (Å²) < 4.78 is 5.84. The largest absolute Gasteiger partial charge is 0.494 e. The highest BCUT2D eigenvalue weighted by molar-refractivity contribution is 6.30. The summed E-state index contributed by atoms with van der Waals surface area (Å²) in [6.45, 7) is 3.06. The number of hydrogen-bond acceptors (Lipinski definition) is 4. The van der Waals surface area contributed by atoms with Crippen LogP contribution in [0.4, 0.5) is 5.69 Å². The Kier molecular flexibility index (Phi) is 7.63. The van der Waals surface area contributed by atoms with Gasteiger partial charge < -0.3 is 4.74 Å². The summed E-state index contributed by atoms with van der Waals surface area (Å²) in [5.74, 6) is 1.44. The van der Waals surface area contributed by atoms with Gasteiger partial charge in [-0.25, -0.2) is 5.01 Å². The van der Waals surface area contributed by atoms with Crippen molar-refractivity contribution in [1.29, 1.82) is 0 Å². The lowest BCUT2D eigenvalue weighted by Gasteiger charge is -2.28. The third kappa shape index (κ3) is 5.93. The van der Waals surface area contributed by atoms with E-state index in [-0.39, 0.29) is 12.5 Å². The van der Waals surface area contributed by atoms with E-state index >= 15 is 0 Å². The molecule has 6 heteroatoms. The second-order valence-electron chi connectivity index (χ2n) is 7.99. The number of nitrogens with zero attached hydrogens (tertiary/aromatic N) is 2. The van der Waals surface area contributed by atoms with Gasteiger partial charge in [0.05, 0.1) is 12.3 Å². The summed E-state index contributed by atoms with van der Waals surface area (Å²) in [6.07, 6.45) is 4.80. The Morgan fingerprint density at radius 3 is 2.18 bits per heavy atom. The topological polar surface area (TPSA) is 53.9 Å². The lowest BCUT2D eigenvalue weighted by atomic mass is 10.0. The van der Waals surface area contributed by atoms with Crippen LogP contribution in [-0.2, 0) is 4.79 Å². The predicted octanol–water partition coefficient (Wildman–Crippen LogP) is 6.26. The van der Waals surface area contributed by atoms with E-state index in [4.69, 9.17) is 16.3 Å². The Balaban J connectivity index is 1.39. The Labute approximate surface area is 200 Å². The molecule has 1 amide bonds. The number of aliphatic imine (C=N–C) groups is 1. The highest BCUT2D eigenvalue weighted by Crippen LogP contribution is 2.24. The molecule has 0 aliphatic carbocycles. The maximum atomic E-state index is 12.3. The van der Waals surface area contributed by atoms with Crippen molar-refractivity contribution in [2.75, 3.05) is 18.2 Å². The molecular weight excluding hydrogens is 434 g/mol. The first-order chi connectivity index (χ1) is 16.1. The first-order valence-corrected chi connectivity index (χ1v) is 11.7. The molecule has 4 rings (SSSR count). The normalized spacial score (nSPS) is 13.5. The minimum absolute atomic E-state index is 0.0899. The van der Waals surface area contributed by atoms with Crippen LogP contribution in [0.15, 0.2) is 77.8 Å². The Hall–Kier alpha value is -3.31. The van der Waals surface area contributed by atoms with E-state index in [1.54, 1.807) is 24.3 Å². The maximum absolute atomic E-state index is 12.3. The number of unbranched alkanes of at least 4 members (excludes halogenated alkanes) is 3. The molecule has 33 heavy (non-hydrogen) atoms. The van der Waals surface area contributed by atoms with Crippen LogP contribution in [0.1, 0.15) is 38.2 Å². The summed E-state index contributed by atoms with van der Waals surface area (Å²) in [6, 6.07) is 23.5. The van der Waals surface area contributed by atoms with Gasteiger partial charge in [-0.1, -0.05) is 74.2 Å². The van der Waals surface area contributed by atoms with E-state index in [9.17, 15) is 4.79 Å². The third-order valence-electron chi connectivity index (χ3n) is 5.54. The van der Waals surface area contributed by atoms with E-state index in [2.05, 4.69) is 41.6 Å². The van der Waals surface area contributed by atoms with Crippen molar-refractivity contribution in [2.24, 2.45) is 4.99 Å². The second kappa shape index (κ2) is 11.0. The minimum Gasteiger partial charge on any atom is -0.494 e. The molecule has 0 unspecified atom stereocenters. The standard InChI is InChI=1S/C27H28ClN3O2/c1-2-3-4-5-18-33-25-16-10-21(11-17-25)20-6-8-22(9-7-20)27-29-19-26(32)31(30-27)24-14-12-23(28)13-15-24/h6-17H,2-5,18-19H2,1H3,(H,29,30). The molecule has 3 aromatic carbocycles. The quantitative estimate of drug-likeness (QED) is 0.382. The third-order valence-corrected chi connectivity index (χ3v) is 5.79. The first-order valence-electron chi connectivity index (χ1n) is 11.4. The molecular formula is C27H28ClN3O2. The van der Waals surface area contributed by atoms with Gasteiger partial charge in [0.1, 0.15) is 18.1 Å². The van der Waals surface area contributed by atoms with E-state index in [1.807, 2.05) is 24.3 Å². The van der Waals surface area contributed by atoms with Crippen LogP contribution in [0.2, 0.25) is 5.02 Å². The summed E-state index contributed by atoms with van der Waals surface area (Å²) in [5.41, 5.74) is 6.99. The number of carbonyl (C=O) groups excluding carboxylic acids is 1. The summed E-state index contributed by atoms with van der Waals surface area (Å²) in [4.78, 5) is 16.8. The van der Waals surface area contributed by atoms with Crippen LogP contribution < -0.4 is 15.2 Å². The van der Waals surface area contributed by atoms with Crippen molar-refractivity contribution in [3.63, 3.8) is 0 Å². The smallest absolute Gasteiger partial charge is 0.267 e. The highest BCUT2D eigenvalue weighted by Gasteiger charge is 2.22. The fourth-order valence-corrected chi connectivity index (χ4v) is 3.78. The van der Waals surface area contributed by atoms with Gasteiger partial charge in [-0.3, -0.25) is 15.2 Å². The Morgan fingerprint density at radius 1 is 0.879 bits per heavy atom. The van der Waals surface area contributed by atoms with Gasteiger partial charge in [-0.05, 0) is 53.9 Å². The lowest BCUT2D eigenvalue weighted by molar-refractivity contribution is -0.117. The van der Waals surface area contributed by atoms with Crippen molar-refractivity contribution in [3.8, 4) is 16.9 Å². The van der Waals surface area contributed by atoms with Crippen LogP contribution in [0, 0.1) is 0 Å². The fraction of sp³-hybridized carbons (Fsp3) is 0.259. The van der Waals surface area contributed by atoms with Crippen molar-refractivity contribution < 1.29 is 9.53 Å². The van der Waals surface area contributed by atoms with Gasteiger partial charge in [0, 0.05) is 10.6 Å². The van der Waals surface area contributed by atoms with Crippen LogP contribution in [0.3, 0.4) is 0 Å². The summed E-state index contributed by atoms with van der Waals surface area (Å²) in [7, 11) is 0. The van der Waals surface area contributed by atoms with E-state index < -0.39 is 0 Å². The zero-order chi connectivity index (χ0) is 23.0. The molecule has 1 heterocycles. The van der Waals surface area contributed by atoms with Gasteiger partial charge in [-0.2, -0.15) is 0 Å². The molecule has 1 aliphatic rings. The molecule has 3 aromatic rings. The van der Waals surface area contributed by atoms with Crippen LogP contribution >= 0.6 is 11.6 Å². The average molecular weight is 462 g/mol. The second-order valence-corrected chi connectivity index (χ2v) is 8.43. The number of amidine groups is 1. The van der Waals surface area contributed by atoms with Crippen molar-refractivity contribution >= 4 is 29.0 Å². The molecule has 170 valence electrons. The van der Waals surface area contributed by atoms with Crippen molar-refractivity contribution in [2.45, 2.75) is 32.6 Å². The number of anilines is 1. The zero-order valence-electron chi connectivity index (χ0n) is 18.8. The zero-order valence-corrected chi connectivity index (χ0v) is 19.5.